The molecule has 1 aliphatic heterocycles. The molecule has 0 radical (unpaired) electrons. The van der Waals surface area contributed by atoms with Crippen LogP contribution in [0.5, 0.6) is 11.6 Å². The van der Waals surface area contributed by atoms with Crippen LogP contribution in [-0.4, -0.2) is 63.2 Å². The number of ether oxygens (including phenoxy) is 2. The van der Waals surface area contributed by atoms with Crippen molar-refractivity contribution < 1.29 is 14.3 Å². The zero-order valence-electron chi connectivity index (χ0n) is 17.0. The topological polar surface area (TPSA) is 66.9 Å². The number of hydrogen-bond donors (Lipinski definition) is 1. The number of benzene rings is 1. The molecule has 1 N–H and O–H groups in total. The van der Waals surface area contributed by atoms with Crippen LogP contribution in [0.25, 0.3) is 0 Å². The van der Waals surface area contributed by atoms with E-state index in [1.807, 2.05) is 24.3 Å². The van der Waals surface area contributed by atoms with E-state index in [-0.39, 0.29) is 5.91 Å². The van der Waals surface area contributed by atoms with Gasteiger partial charge < -0.3 is 24.6 Å². The average Bonchev–Trinajstić information content (AvgIpc) is 2.74. The second-order valence-corrected chi connectivity index (χ2v) is 7.72. The van der Waals surface area contributed by atoms with Crippen molar-refractivity contribution in [1.82, 2.24) is 9.88 Å². The number of piperazine rings is 1. The highest BCUT2D eigenvalue weighted by atomic mass is 32.2. The van der Waals surface area contributed by atoms with E-state index in [1.54, 1.807) is 14.2 Å². The van der Waals surface area contributed by atoms with Gasteiger partial charge in [-0.25, -0.2) is 4.98 Å². The smallest absolute Gasteiger partial charge is 0.247 e. The van der Waals surface area contributed by atoms with E-state index in [1.165, 1.54) is 17.8 Å². The van der Waals surface area contributed by atoms with E-state index >= 15 is 0 Å². The predicted molar refractivity (Wildman–Crippen MR) is 116 cm³/mol. The Morgan fingerprint density at radius 3 is 2.59 bits per heavy atom. The first-order chi connectivity index (χ1) is 14.0. The molecule has 0 atom stereocenters. The summed E-state index contributed by atoms with van der Waals surface area (Å²) in [6.07, 6.45) is 1.22. The molecule has 154 valence electrons. The number of aromatic nitrogens is 1. The van der Waals surface area contributed by atoms with Gasteiger partial charge in [-0.05, 0) is 43.5 Å². The molecular formula is C21H26N4O3S. The molecule has 0 spiro atoms. The first-order valence-corrected chi connectivity index (χ1v) is 10.1. The SMILES string of the molecule is C=CC(=O)Nc1cc(Sc2ccc(N3CCN(C)CC3)c(OC)n2)ccc1OC. The highest BCUT2D eigenvalue weighted by Crippen LogP contribution is 2.36. The summed E-state index contributed by atoms with van der Waals surface area (Å²) < 4.78 is 10.9. The minimum Gasteiger partial charge on any atom is -0.495 e. The van der Waals surface area contributed by atoms with Crippen molar-refractivity contribution in [1.29, 1.82) is 0 Å². The Balaban J connectivity index is 1.80. The molecule has 2 heterocycles. The molecule has 3 rings (SSSR count). The minimum atomic E-state index is -0.290. The van der Waals surface area contributed by atoms with E-state index in [4.69, 9.17) is 9.47 Å². The molecule has 1 fully saturated rings. The van der Waals surface area contributed by atoms with Crippen LogP contribution in [0.1, 0.15) is 0 Å². The van der Waals surface area contributed by atoms with Crippen LogP contribution in [0.4, 0.5) is 11.4 Å². The molecule has 0 saturated carbocycles. The van der Waals surface area contributed by atoms with Gasteiger partial charge in [0.25, 0.3) is 0 Å². The van der Waals surface area contributed by atoms with Crippen LogP contribution in [0.3, 0.4) is 0 Å². The van der Waals surface area contributed by atoms with Crippen LogP contribution < -0.4 is 19.7 Å². The van der Waals surface area contributed by atoms with E-state index < -0.39 is 0 Å². The van der Waals surface area contributed by atoms with Crippen molar-refractivity contribution in [3.05, 3.63) is 43.0 Å². The van der Waals surface area contributed by atoms with Gasteiger partial charge in [-0.2, -0.15) is 0 Å². The minimum absolute atomic E-state index is 0.290. The van der Waals surface area contributed by atoms with E-state index in [0.717, 1.165) is 41.8 Å². The van der Waals surface area contributed by atoms with Crippen LogP contribution in [-0.2, 0) is 4.79 Å². The Morgan fingerprint density at radius 1 is 1.17 bits per heavy atom. The van der Waals surface area contributed by atoms with Gasteiger partial charge in [-0.3, -0.25) is 4.79 Å². The summed E-state index contributed by atoms with van der Waals surface area (Å²) in [4.78, 5) is 21.9. The molecule has 1 amide bonds. The Labute approximate surface area is 175 Å². The van der Waals surface area contributed by atoms with Crippen LogP contribution >= 0.6 is 11.8 Å². The van der Waals surface area contributed by atoms with Crippen molar-refractivity contribution in [2.45, 2.75) is 9.92 Å². The molecule has 7 nitrogen and oxygen atoms in total. The summed E-state index contributed by atoms with van der Waals surface area (Å²) in [5, 5.41) is 3.58. The zero-order valence-corrected chi connectivity index (χ0v) is 17.8. The molecule has 1 aliphatic rings. The Kier molecular flexibility index (Phi) is 7.00. The fraction of sp³-hybridized carbons (Fsp3) is 0.333. The third-order valence-electron chi connectivity index (χ3n) is 4.69. The maximum Gasteiger partial charge on any atom is 0.247 e. The van der Waals surface area contributed by atoms with E-state index in [2.05, 4.69) is 39.8 Å². The largest absolute Gasteiger partial charge is 0.495 e. The summed E-state index contributed by atoms with van der Waals surface area (Å²) in [5.41, 5.74) is 1.60. The molecule has 0 bridgehead atoms. The van der Waals surface area contributed by atoms with Gasteiger partial charge >= 0.3 is 0 Å². The molecule has 29 heavy (non-hydrogen) atoms. The number of likely N-dealkylation sites (N-methyl/N-ethyl adjacent to an activating group) is 1. The van der Waals surface area contributed by atoms with Crippen LogP contribution in [0.15, 0.2) is 52.9 Å². The summed E-state index contributed by atoms with van der Waals surface area (Å²) in [6, 6.07) is 9.65. The van der Waals surface area contributed by atoms with Crippen LogP contribution in [0, 0.1) is 0 Å². The normalized spacial score (nSPS) is 14.4. The summed E-state index contributed by atoms with van der Waals surface area (Å²) in [5.74, 6) is 0.913. The summed E-state index contributed by atoms with van der Waals surface area (Å²) in [6.45, 7) is 7.42. The number of nitrogens with one attached hydrogen (secondary N) is 1. The zero-order chi connectivity index (χ0) is 20.8. The van der Waals surface area contributed by atoms with Gasteiger partial charge in [-0.15, -0.1) is 0 Å². The van der Waals surface area contributed by atoms with Gasteiger partial charge in [0.15, 0.2) is 0 Å². The van der Waals surface area contributed by atoms with E-state index in [0.29, 0.717) is 17.3 Å². The second kappa shape index (κ2) is 9.67. The molecule has 1 saturated heterocycles. The third kappa shape index (κ3) is 5.21. The van der Waals surface area contributed by atoms with Crippen molar-refractivity contribution >= 4 is 29.0 Å². The number of amides is 1. The van der Waals surface area contributed by atoms with Gasteiger partial charge in [0.1, 0.15) is 16.5 Å². The number of carbonyl (C=O) groups excluding carboxylic acids is 1. The first kappa shape index (κ1) is 21.0. The van der Waals surface area contributed by atoms with Crippen LogP contribution in [0.2, 0.25) is 0 Å². The number of anilines is 2. The number of rotatable bonds is 7. The lowest BCUT2D eigenvalue weighted by Gasteiger charge is -2.34. The Hall–Kier alpha value is -2.71. The number of methoxy groups -OCH3 is 2. The lowest BCUT2D eigenvalue weighted by Crippen LogP contribution is -2.44. The molecule has 0 aliphatic carbocycles. The first-order valence-electron chi connectivity index (χ1n) is 9.32. The second-order valence-electron chi connectivity index (χ2n) is 6.63. The monoisotopic (exact) mass is 414 g/mol. The third-order valence-corrected chi connectivity index (χ3v) is 5.61. The number of carbonyl (C=O) groups is 1. The molecule has 2 aromatic rings. The van der Waals surface area contributed by atoms with E-state index in [9.17, 15) is 4.79 Å². The van der Waals surface area contributed by atoms with Crippen molar-refractivity contribution in [3.63, 3.8) is 0 Å². The lowest BCUT2D eigenvalue weighted by molar-refractivity contribution is -0.111. The predicted octanol–water partition coefficient (Wildman–Crippen LogP) is 3.13. The highest BCUT2D eigenvalue weighted by Gasteiger charge is 2.19. The molecule has 0 unspecified atom stereocenters. The summed E-state index contributed by atoms with van der Waals surface area (Å²) in [7, 11) is 5.34. The standard InChI is InChI=1S/C21H26N4O3S/c1-5-19(26)22-16-14-15(6-8-18(16)27-3)29-20-9-7-17(21(23-20)28-4)25-12-10-24(2)11-13-25/h5-9,14H,1,10-13H2,2-4H3,(H,22,26). The molecular weight excluding hydrogens is 388 g/mol. The summed E-state index contributed by atoms with van der Waals surface area (Å²) >= 11 is 1.49. The number of nitrogens with zero attached hydrogens (tertiary/aromatic N) is 3. The maximum atomic E-state index is 11.7. The fourth-order valence-corrected chi connectivity index (χ4v) is 3.88. The fourth-order valence-electron chi connectivity index (χ4n) is 3.06. The van der Waals surface area contributed by atoms with Crippen molar-refractivity contribution in [2.75, 3.05) is 57.7 Å². The highest BCUT2D eigenvalue weighted by molar-refractivity contribution is 7.99. The molecule has 1 aromatic heterocycles. The Bertz CT molecular complexity index is 882. The van der Waals surface area contributed by atoms with Gasteiger partial charge in [0, 0.05) is 31.1 Å². The number of hydrogen-bond acceptors (Lipinski definition) is 7. The maximum absolute atomic E-state index is 11.7. The quantitative estimate of drug-likeness (QED) is 0.698. The molecule has 1 aromatic carbocycles. The van der Waals surface area contributed by atoms with Gasteiger partial charge in [-0.1, -0.05) is 18.3 Å². The number of pyridine rings is 1. The van der Waals surface area contributed by atoms with Gasteiger partial charge in [0.2, 0.25) is 11.8 Å². The lowest BCUT2D eigenvalue weighted by atomic mass is 10.3. The molecule has 8 heteroatoms. The van der Waals surface area contributed by atoms with Crippen molar-refractivity contribution in [2.24, 2.45) is 0 Å². The average molecular weight is 415 g/mol. The van der Waals surface area contributed by atoms with Crippen molar-refractivity contribution in [3.8, 4) is 11.6 Å². The van der Waals surface area contributed by atoms with Gasteiger partial charge in [0.05, 0.1) is 19.9 Å². The Morgan fingerprint density at radius 2 is 1.93 bits per heavy atom.